The van der Waals surface area contributed by atoms with Crippen LogP contribution >= 0.6 is 23.2 Å². The summed E-state index contributed by atoms with van der Waals surface area (Å²) in [5.74, 6) is -0.341. The Bertz CT molecular complexity index is 503. The molecule has 0 saturated carbocycles. The van der Waals surface area contributed by atoms with Gasteiger partial charge in [0, 0.05) is 24.7 Å². The second kappa shape index (κ2) is 5.54. The Balaban J connectivity index is 3.27. The van der Waals surface area contributed by atoms with Gasteiger partial charge < -0.3 is 4.90 Å². The maximum absolute atomic E-state index is 12.0. The minimum atomic E-state index is -0.666. The van der Waals surface area contributed by atoms with E-state index in [4.69, 9.17) is 23.2 Å². The molecule has 5 nitrogen and oxygen atoms in total. The van der Waals surface area contributed by atoms with Crippen molar-refractivity contribution in [3.63, 3.8) is 0 Å². The number of nitro groups is 1. The van der Waals surface area contributed by atoms with Crippen LogP contribution in [0.15, 0.2) is 12.1 Å². The van der Waals surface area contributed by atoms with Crippen LogP contribution < -0.4 is 0 Å². The third-order valence-electron chi connectivity index (χ3n) is 2.55. The van der Waals surface area contributed by atoms with Crippen molar-refractivity contribution < 1.29 is 9.72 Å². The molecule has 98 valence electrons. The number of hydrogen-bond donors (Lipinski definition) is 0. The summed E-state index contributed by atoms with van der Waals surface area (Å²) in [4.78, 5) is 23.6. The van der Waals surface area contributed by atoms with Gasteiger partial charge in [0.15, 0.2) is 0 Å². The summed E-state index contributed by atoms with van der Waals surface area (Å²) in [6, 6.07) is 2.44. The summed E-state index contributed by atoms with van der Waals surface area (Å²) >= 11 is 11.5. The third kappa shape index (κ3) is 2.91. The largest absolute Gasteiger partial charge is 0.339 e. The minimum absolute atomic E-state index is 0.00799. The molecular formula is C11H12Cl2N2O3. The van der Waals surface area contributed by atoms with E-state index in [-0.39, 0.29) is 33.2 Å². The lowest BCUT2D eigenvalue weighted by Gasteiger charge is -2.21. The molecule has 0 N–H and O–H groups in total. The van der Waals surface area contributed by atoms with E-state index in [0.717, 1.165) is 6.07 Å². The average molecular weight is 291 g/mol. The molecule has 1 rings (SSSR count). The van der Waals surface area contributed by atoms with Gasteiger partial charge in [-0.15, -0.1) is 0 Å². The fourth-order valence-electron chi connectivity index (χ4n) is 1.27. The predicted molar refractivity (Wildman–Crippen MR) is 70.3 cm³/mol. The van der Waals surface area contributed by atoms with Gasteiger partial charge in [-0.05, 0) is 19.9 Å². The van der Waals surface area contributed by atoms with Gasteiger partial charge >= 0.3 is 0 Å². The molecule has 0 spiro atoms. The fourth-order valence-corrected chi connectivity index (χ4v) is 1.66. The van der Waals surface area contributed by atoms with E-state index in [1.807, 2.05) is 13.8 Å². The number of amides is 1. The number of benzene rings is 1. The lowest BCUT2D eigenvalue weighted by Crippen LogP contribution is -2.33. The second-order valence-electron chi connectivity index (χ2n) is 4.06. The third-order valence-corrected chi connectivity index (χ3v) is 3.34. The summed E-state index contributed by atoms with van der Waals surface area (Å²) in [5.41, 5.74) is -0.225. The molecule has 0 aliphatic carbocycles. The Kier molecular flexibility index (Phi) is 4.53. The summed E-state index contributed by atoms with van der Waals surface area (Å²) in [6.07, 6.45) is 0. The molecule has 0 aliphatic rings. The topological polar surface area (TPSA) is 63.5 Å². The van der Waals surface area contributed by atoms with Crippen molar-refractivity contribution in [3.8, 4) is 0 Å². The van der Waals surface area contributed by atoms with Crippen molar-refractivity contribution in [2.75, 3.05) is 7.05 Å². The highest BCUT2D eigenvalue weighted by molar-refractivity contribution is 6.43. The van der Waals surface area contributed by atoms with Gasteiger partial charge in [-0.1, -0.05) is 23.2 Å². The van der Waals surface area contributed by atoms with Crippen LogP contribution in [0.1, 0.15) is 24.2 Å². The van der Waals surface area contributed by atoms with Crippen molar-refractivity contribution >= 4 is 34.8 Å². The first-order valence-corrected chi connectivity index (χ1v) is 5.92. The molecule has 0 unspecified atom stereocenters. The van der Waals surface area contributed by atoms with E-state index in [0.29, 0.717) is 0 Å². The van der Waals surface area contributed by atoms with Crippen LogP contribution in [0.3, 0.4) is 0 Å². The zero-order valence-electron chi connectivity index (χ0n) is 10.1. The highest BCUT2D eigenvalue weighted by Gasteiger charge is 2.22. The molecule has 1 aromatic carbocycles. The highest BCUT2D eigenvalue weighted by Crippen LogP contribution is 2.33. The van der Waals surface area contributed by atoms with Crippen LogP contribution in [-0.2, 0) is 0 Å². The molecule has 1 amide bonds. The Labute approximate surface area is 114 Å². The maximum atomic E-state index is 12.0. The molecule has 0 aromatic heterocycles. The van der Waals surface area contributed by atoms with E-state index in [2.05, 4.69) is 0 Å². The monoisotopic (exact) mass is 290 g/mol. The van der Waals surface area contributed by atoms with Gasteiger partial charge in [0.2, 0.25) is 0 Å². The summed E-state index contributed by atoms with van der Waals surface area (Å²) < 4.78 is 0. The number of nitrogens with zero attached hydrogens (tertiary/aromatic N) is 2. The predicted octanol–water partition coefficient (Wildman–Crippen LogP) is 3.38. The molecule has 0 bridgehead atoms. The number of rotatable bonds is 3. The summed E-state index contributed by atoms with van der Waals surface area (Å²) in [5, 5.41) is 10.6. The standard InChI is InChI=1S/C11H12Cl2N2O3/c1-6(2)14(3)11(16)7-4-8(12)10(13)9(5-7)15(17)18/h4-6H,1-3H3. The van der Waals surface area contributed by atoms with Crippen LogP contribution in [0.4, 0.5) is 5.69 Å². The normalized spacial score (nSPS) is 10.6. The number of carbonyl (C=O) groups excluding carboxylic acids is 1. The van der Waals surface area contributed by atoms with Crippen LogP contribution in [-0.4, -0.2) is 28.8 Å². The lowest BCUT2D eigenvalue weighted by molar-refractivity contribution is -0.384. The van der Waals surface area contributed by atoms with E-state index >= 15 is 0 Å². The number of halogens is 2. The van der Waals surface area contributed by atoms with Crippen molar-refractivity contribution in [1.29, 1.82) is 0 Å². The van der Waals surface area contributed by atoms with Crippen molar-refractivity contribution in [1.82, 2.24) is 4.90 Å². The SMILES string of the molecule is CC(C)N(C)C(=O)c1cc(Cl)c(Cl)c([N+](=O)[O-])c1. The van der Waals surface area contributed by atoms with Gasteiger partial charge in [0.25, 0.3) is 11.6 Å². The van der Waals surface area contributed by atoms with Gasteiger partial charge in [0.1, 0.15) is 5.02 Å². The van der Waals surface area contributed by atoms with Crippen LogP contribution in [0.25, 0.3) is 0 Å². The summed E-state index contributed by atoms with van der Waals surface area (Å²) in [7, 11) is 1.61. The molecule has 18 heavy (non-hydrogen) atoms. The lowest BCUT2D eigenvalue weighted by atomic mass is 10.1. The molecule has 1 aromatic rings. The fraction of sp³-hybridized carbons (Fsp3) is 0.364. The molecule has 0 fully saturated rings. The molecule has 0 aliphatic heterocycles. The zero-order chi connectivity index (χ0) is 14.0. The van der Waals surface area contributed by atoms with E-state index < -0.39 is 4.92 Å². The molecule has 0 saturated heterocycles. The zero-order valence-corrected chi connectivity index (χ0v) is 11.6. The molecule has 0 radical (unpaired) electrons. The number of carbonyl (C=O) groups is 1. The molecule has 7 heteroatoms. The Morgan fingerprint density at radius 2 is 1.94 bits per heavy atom. The van der Waals surface area contributed by atoms with Gasteiger partial charge in [-0.3, -0.25) is 14.9 Å². The first kappa shape index (κ1) is 14.7. The second-order valence-corrected chi connectivity index (χ2v) is 4.84. The molecule has 0 heterocycles. The Morgan fingerprint density at radius 1 is 1.39 bits per heavy atom. The number of nitro benzene ring substituents is 1. The smallest absolute Gasteiger partial charge is 0.290 e. The Hall–Kier alpha value is -1.33. The Morgan fingerprint density at radius 3 is 2.39 bits per heavy atom. The van der Waals surface area contributed by atoms with Crippen LogP contribution in [0, 0.1) is 10.1 Å². The van der Waals surface area contributed by atoms with Crippen LogP contribution in [0.5, 0.6) is 0 Å². The highest BCUT2D eigenvalue weighted by atomic mass is 35.5. The first-order valence-electron chi connectivity index (χ1n) is 5.16. The minimum Gasteiger partial charge on any atom is -0.339 e. The van der Waals surface area contributed by atoms with Crippen molar-refractivity contribution in [2.45, 2.75) is 19.9 Å². The maximum Gasteiger partial charge on any atom is 0.290 e. The van der Waals surface area contributed by atoms with Crippen LogP contribution in [0.2, 0.25) is 10.0 Å². The van der Waals surface area contributed by atoms with Gasteiger partial charge in [-0.25, -0.2) is 0 Å². The molecule has 0 atom stereocenters. The van der Waals surface area contributed by atoms with E-state index in [1.54, 1.807) is 7.05 Å². The average Bonchev–Trinajstić information content (AvgIpc) is 2.29. The van der Waals surface area contributed by atoms with Gasteiger partial charge in [-0.2, -0.15) is 0 Å². The summed E-state index contributed by atoms with van der Waals surface area (Å²) in [6.45, 7) is 3.67. The molecular weight excluding hydrogens is 279 g/mol. The first-order chi connectivity index (χ1) is 8.25. The van der Waals surface area contributed by atoms with Crippen molar-refractivity contribution in [3.05, 3.63) is 37.9 Å². The van der Waals surface area contributed by atoms with Gasteiger partial charge in [0.05, 0.1) is 9.95 Å². The number of hydrogen-bond acceptors (Lipinski definition) is 3. The van der Waals surface area contributed by atoms with Crippen molar-refractivity contribution in [2.24, 2.45) is 0 Å². The van der Waals surface area contributed by atoms with E-state index in [1.165, 1.54) is 11.0 Å². The quantitative estimate of drug-likeness (QED) is 0.633. The van der Waals surface area contributed by atoms with E-state index in [9.17, 15) is 14.9 Å².